The molecule has 3 aromatic rings. The highest BCUT2D eigenvalue weighted by molar-refractivity contribution is 5.92. The molecule has 166 valence electrons. The molecular weight excluding hydrogens is 408 g/mol. The Morgan fingerprint density at radius 3 is 2.81 bits per heavy atom. The summed E-state index contributed by atoms with van der Waals surface area (Å²) in [6, 6.07) is 7.44. The largest absolute Gasteiger partial charge is 0.426 e. The van der Waals surface area contributed by atoms with Gasteiger partial charge in [0.1, 0.15) is 11.6 Å². The fourth-order valence-electron chi connectivity index (χ4n) is 4.05. The number of nitrogens with zero attached hydrogens (tertiary/aromatic N) is 3. The Balaban J connectivity index is 1.26. The molecule has 9 heteroatoms. The van der Waals surface area contributed by atoms with Crippen molar-refractivity contribution in [1.29, 1.82) is 0 Å². The first-order chi connectivity index (χ1) is 15.3. The first-order valence-corrected chi connectivity index (χ1v) is 10.8. The Kier molecular flexibility index (Phi) is 4.76. The molecule has 1 fully saturated rings. The van der Waals surface area contributed by atoms with E-state index in [4.69, 9.17) is 14.9 Å². The van der Waals surface area contributed by atoms with Gasteiger partial charge < -0.3 is 14.9 Å². The van der Waals surface area contributed by atoms with E-state index in [1.807, 2.05) is 6.92 Å². The van der Waals surface area contributed by atoms with Crippen LogP contribution >= 0.6 is 0 Å². The third-order valence-electron chi connectivity index (χ3n) is 6.07. The number of hydrogen-bond donors (Lipinski definition) is 3. The molecule has 5 rings (SSSR count). The number of aromatic nitrogens is 3. The second-order valence-corrected chi connectivity index (χ2v) is 9.11. The number of nitrogens with one attached hydrogen (secondary N) is 2. The van der Waals surface area contributed by atoms with Crippen molar-refractivity contribution >= 4 is 17.8 Å². The topological polar surface area (TPSA) is 128 Å². The summed E-state index contributed by atoms with van der Waals surface area (Å²) >= 11 is 0. The van der Waals surface area contributed by atoms with Crippen LogP contribution in [-0.2, 0) is 11.8 Å². The van der Waals surface area contributed by atoms with Crippen LogP contribution in [0.3, 0.4) is 0 Å². The molecule has 1 aromatic carbocycles. The lowest BCUT2D eigenvalue weighted by molar-refractivity contribution is 0.0929. The van der Waals surface area contributed by atoms with Gasteiger partial charge in [0.2, 0.25) is 11.9 Å². The summed E-state index contributed by atoms with van der Waals surface area (Å²) in [6.07, 6.45) is 4.27. The quantitative estimate of drug-likeness (QED) is 0.497. The number of nitrogens with two attached hydrogens (primary N) is 1. The van der Waals surface area contributed by atoms with Gasteiger partial charge >= 0.3 is 5.91 Å². The lowest BCUT2D eigenvalue weighted by Crippen LogP contribution is -2.30. The summed E-state index contributed by atoms with van der Waals surface area (Å²) in [5.74, 6) is 1.83. The third-order valence-corrected chi connectivity index (χ3v) is 6.07. The number of amides is 1. The molecule has 2 aliphatic rings. The summed E-state index contributed by atoms with van der Waals surface area (Å²) in [6.45, 7) is 6.50. The maximum Gasteiger partial charge on any atom is 0.305 e. The summed E-state index contributed by atoms with van der Waals surface area (Å²) in [5, 5.41) is 0. The molecule has 2 aromatic heterocycles. The number of anilines is 2. The molecule has 2 heterocycles. The van der Waals surface area contributed by atoms with Crippen molar-refractivity contribution < 1.29 is 13.9 Å². The standard InChI is InChI=1S/C23H26N6O3/c1-12-10-14-8-9-23(2,3)15(14)11-17(12)32-18-7-6-16(31-18)20(30)28-29-22-26-19(13-4-5-13)25-21(24)27-22/h6-7,10-11,13H,4-5,8-9H2,1-3H3,(H,28,30)(H3,24,25,26,27,29). The van der Waals surface area contributed by atoms with Gasteiger partial charge in [-0.25, -0.2) is 0 Å². The first kappa shape index (κ1) is 20.3. The summed E-state index contributed by atoms with van der Waals surface area (Å²) < 4.78 is 11.6. The van der Waals surface area contributed by atoms with Crippen LogP contribution in [0.2, 0.25) is 0 Å². The predicted molar refractivity (Wildman–Crippen MR) is 119 cm³/mol. The average molecular weight is 435 g/mol. The van der Waals surface area contributed by atoms with E-state index in [0.717, 1.165) is 37.0 Å². The number of carbonyl (C=O) groups is 1. The number of hydrazine groups is 1. The lowest BCUT2D eigenvalue weighted by atomic mass is 9.86. The molecule has 1 amide bonds. The summed E-state index contributed by atoms with van der Waals surface area (Å²) in [5.41, 5.74) is 14.7. The van der Waals surface area contributed by atoms with Crippen molar-refractivity contribution in [2.24, 2.45) is 0 Å². The Morgan fingerprint density at radius 1 is 1.22 bits per heavy atom. The van der Waals surface area contributed by atoms with Gasteiger partial charge in [0, 0.05) is 12.0 Å². The molecule has 0 bridgehead atoms. The van der Waals surface area contributed by atoms with Crippen LogP contribution < -0.4 is 21.3 Å². The van der Waals surface area contributed by atoms with Gasteiger partial charge in [0.25, 0.3) is 5.95 Å². The molecule has 9 nitrogen and oxygen atoms in total. The number of ether oxygens (including phenoxy) is 1. The zero-order valence-electron chi connectivity index (χ0n) is 18.4. The molecule has 4 N–H and O–H groups in total. The highest BCUT2D eigenvalue weighted by Crippen LogP contribution is 2.42. The van der Waals surface area contributed by atoms with E-state index in [-0.39, 0.29) is 29.0 Å². The average Bonchev–Trinajstić information content (AvgIpc) is 3.43. The van der Waals surface area contributed by atoms with Crippen molar-refractivity contribution in [1.82, 2.24) is 20.4 Å². The van der Waals surface area contributed by atoms with E-state index < -0.39 is 5.91 Å². The minimum Gasteiger partial charge on any atom is -0.426 e. The molecule has 0 saturated heterocycles. The van der Waals surface area contributed by atoms with Gasteiger partial charge in [-0.2, -0.15) is 15.0 Å². The zero-order chi connectivity index (χ0) is 22.5. The van der Waals surface area contributed by atoms with Crippen LogP contribution in [0.1, 0.15) is 72.1 Å². The van der Waals surface area contributed by atoms with Crippen molar-refractivity contribution in [2.75, 3.05) is 11.2 Å². The molecular formula is C23H26N6O3. The minimum atomic E-state index is -0.487. The number of rotatable bonds is 6. The summed E-state index contributed by atoms with van der Waals surface area (Å²) in [4.78, 5) is 24.9. The number of benzene rings is 1. The molecule has 32 heavy (non-hydrogen) atoms. The number of aryl methyl sites for hydroxylation is 2. The molecule has 1 saturated carbocycles. The predicted octanol–water partition coefficient (Wildman–Crippen LogP) is 4.01. The Morgan fingerprint density at radius 2 is 2.03 bits per heavy atom. The number of furan rings is 1. The fourth-order valence-corrected chi connectivity index (χ4v) is 4.05. The van der Waals surface area contributed by atoms with Crippen LogP contribution in [0.5, 0.6) is 11.7 Å². The fraction of sp³-hybridized carbons (Fsp3) is 0.391. The second-order valence-electron chi connectivity index (χ2n) is 9.11. The van der Waals surface area contributed by atoms with E-state index >= 15 is 0 Å². The van der Waals surface area contributed by atoms with E-state index in [1.165, 1.54) is 11.1 Å². The SMILES string of the molecule is Cc1cc2c(cc1Oc1ccc(C(=O)NNc3nc(N)nc(C4CC4)n3)o1)C(C)(C)CC2. The van der Waals surface area contributed by atoms with Crippen LogP contribution in [0.4, 0.5) is 11.9 Å². The number of nitrogen functional groups attached to an aromatic ring is 1. The monoisotopic (exact) mass is 434 g/mol. The van der Waals surface area contributed by atoms with Gasteiger partial charge in [-0.1, -0.05) is 19.9 Å². The van der Waals surface area contributed by atoms with Gasteiger partial charge in [-0.3, -0.25) is 15.6 Å². The van der Waals surface area contributed by atoms with Crippen LogP contribution in [0.25, 0.3) is 0 Å². The minimum absolute atomic E-state index is 0.0936. The van der Waals surface area contributed by atoms with Crippen molar-refractivity contribution in [3.63, 3.8) is 0 Å². The Bertz CT molecular complexity index is 1200. The van der Waals surface area contributed by atoms with Crippen LogP contribution in [-0.4, -0.2) is 20.9 Å². The van der Waals surface area contributed by atoms with Gasteiger partial charge in [-0.05, 0) is 66.8 Å². The Hall–Kier alpha value is -3.62. The normalized spacial score (nSPS) is 16.5. The van der Waals surface area contributed by atoms with Crippen LogP contribution in [0, 0.1) is 6.92 Å². The van der Waals surface area contributed by atoms with Crippen LogP contribution in [0.15, 0.2) is 28.7 Å². The third kappa shape index (κ3) is 3.98. The maximum atomic E-state index is 12.5. The first-order valence-electron chi connectivity index (χ1n) is 10.8. The molecule has 0 atom stereocenters. The zero-order valence-corrected chi connectivity index (χ0v) is 18.4. The van der Waals surface area contributed by atoms with Gasteiger partial charge in [-0.15, -0.1) is 0 Å². The van der Waals surface area contributed by atoms with E-state index in [1.54, 1.807) is 12.1 Å². The Labute approximate surface area is 185 Å². The molecule has 0 unspecified atom stereocenters. The second kappa shape index (κ2) is 7.51. The lowest BCUT2D eigenvalue weighted by Gasteiger charge is -2.20. The van der Waals surface area contributed by atoms with Gasteiger partial charge in [0.05, 0.1) is 0 Å². The van der Waals surface area contributed by atoms with E-state index in [9.17, 15) is 4.79 Å². The van der Waals surface area contributed by atoms with Crippen molar-refractivity contribution in [3.05, 3.63) is 52.5 Å². The molecule has 0 radical (unpaired) electrons. The smallest absolute Gasteiger partial charge is 0.305 e. The maximum absolute atomic E-state index is 12.5. The highest BCUT2D eigenvalue weighted by atomic mass is 16.6. The van der Waals surface area contributed by atoms with Crippen molar-refractivity contribution in [2.45, 2.75) is 57.8 Å². The molecule has 0 aliphatic heterocycles. The molecule has 2 aliphatic carbocycles. The van der Waals surface area contributed by atoms with E-state index in [0.29, 0.717) is 11.7 Å². The van der Waals surface area contributed by atoms with Crippen molar-refractivity contribution in [3.8, 4) is 11.7 Å². The number of fused-ring (bicyclic) bond motifs is 1. The summed E-state index contributed by atoms with van der Waals surface area (Å²) in [7, 11) is 0. The van der Waals surface area contributed by atoms with E-state index in [2.05, 4.69) is 51.8 Å². The van der Waals surface area contributed by atoms with Gasteiger partial charge in [0.15, 0.2) is 5.76 Å². The number of carbonyl (C=O) groups excluding carboxylic acids is 1. The number of hydrogen-bond acceptors (Lipinski definition) is 8. The highest BCUT2D eigenvalue weighted by Gasteiger charge is 2.31. The molecule has 0 spiro atoms.